The van der Waals surface area contributed by atoms with Gasteiger partial charge in [-0.3, -0.25) is 4.79 Å². The molecule has 1 N–H and O–H groups in total. The summed E-state index contributed by atoms with van der Waals surface area (Å²) >= 11 is 0. The van der Waals surface area contributed by atoms with Gasteiger partial charge in [0, 0.05) is 12.1 Å². The Hall–Kier alpha value is -2.49. The van der Waals surface area contributed by atoms with E-state index in [0.29, 0.717) is 23.0 Å². The molecule has 2 aromatic carbocycles. The van der Waals surface area contributed by atoms with Crippen LogP contribution < -0.4 is 9.47 Å². The first-order chi connectivity index (χ1) is 11.0. The number of aromatic hydroxyl groups is 1. The summed E-state index contributed by atoms with van der Waals surface area (Å²) in [6.07, 6.45) is -0.0856. The molecule has 0 bridgehead atoms. The fourth-order valence-electron chi connectivity index (χ4n) is 2.85. The van der Waals surface area contributed by atoms with Crippen molar-refractivity contribution >= 4 is 5.78 Å². The average Bonchev–Trinajstić information content (AvgIpc) is 2.53. The summed E-state index contributed by atoms with van der Waals surface area (Å²) in [6, 6.07) is 11.0. The molecule has 0 radical (unpaired) electrons. The molecule has 1 unspecified atom stereocenters. The lowest BCUT2D eigenvalue weighted by atomic mass is 9.94. The van der Waals surface area contributed by atoms with Crippen molar-refractivity contribution in [2.75, 3.05) is 7.11 Å². The van der Waals surface area contributed by atoms with Crippen molar-refractivity contribution in [2.45, 2.75) is 32.3 Å². The monoisotopic (exact) mass is 312 g/mol. The molecule has 0 saturated heterocycles. The van der Waals surface area contributed by atoms with Gasteiger partial charge < -0.3 is 14.6 Å². The van der Waals surface area contributed by atoms with Gasteiger partial charge in [-0.15, -0.1) is 0 Å². The van der Waals surface area contributed by atoms with Crippen LogP contribution in [-0.2, 0) is 0 Å². The molecule has 0 aliphatic carbocycles. The van der Waals surface area contributed by atoms with E-state index in [1.54, 1.807) is 0 Å². The van der Waals surface area contributed by atoms with Crippen LogP contribution in [0.15, 0.2) is 36.4 Å². The van der Waals surface area contributed by atoms with Gasteiger partial charge in [-0.2, -0.15) is 0 Å². The Labute approximate surface area is 135 Å². The summed E-state index contributed by atoms with van der Waals surface area (Å²) in [5, 5.41) is 9.77. The van der Waals surface area contributed by atoms with Crippen molar-refractivity contribution in [2.24, 2.45) is 0 Å². The second-order valence-corrected chi connectivity index (χ2v) is 6.08. The van der Waals surface area contributed by atoms with Gasteiger partial charge in [0.15, 0.2) is 5.78 Å². The highest BCUT2D eigenvalue weighted by Gasteiger charge is 2.31. The van der Waals surface area contributed by atoms with Crippen molar-refractivity contribution in [1.29, 1.82) is 0 Å². The number of carbonyl (C=O) groups excluding carboxylic acids is 1. The third-order valence-electron chi connectivity index (χ3n) is 4.16. The Kier molecular flexibility index (Phi) is 3.99. The number of ketones is 1. The van der Waals surface area contributed by atoms with Crippen LogP contribution in [0.2, 0.25) is 0 Å². The molecule has 0 amide bonds. The van der Waals surface area contributed by atoms with Gasteiger partial charge in [0.2, 0.25) is 0 Å². The number of fused-ring (bicyclic) bond motifs is 1. The minimum Gasteiger partial charge on any atom is -0.508 e. The molecule has 0 spiro atoms. The molecule has 1 aliphatic rings. The van der Waals surface area contributed by atoms with Crippen LogP contribution in [0, 0.1) is 0 Å². The number of ether oxygens (including phenoxy) is 2. The maximum Gasteiger partial charge on any atom is 0.174 e. The Morgan fingerprint density at radius 1 is 1.22 bits per heavy atom. The quantitative estimate of drug-likeness (QED) is 0.921. The Morgan fingerprint density at radius 3 is 2.52 bits per heavy atom. The predicted molar refractivity (Wildman–Crippen MR) is 87.5 cm³/mol. The normalized spacial score (nSPS) is 16.9. The Balaban J connectivity index is 1.94. The van der Waals surface area contributed by atoms with E-state index < -0.39 is 0 Å². The summed E-state index contributed by atoms with van der Waals surface area (Å²) < 4.78 is 11.1. The summed E-state index contributed by atoms with van der Waals surface area (Å²) in [5.74, 6) is 1.15. The van der Waals surface area contributed by atoms with Gasteiger partial charge in [-0.1, -0.05) is 38.1 Å². The number of carbonyl (C=O) groups is 1. The number of Topliss-reactive ketones (excluding diaryl/α,β-unsaturated/α-hetero) is 1. The van der Waals surface area contributed by atoms with Gasteiger partial charge in [-0.25, -0.2) is 0 Å². The molecule has 0 aromatic heterocycles. The molecule has 120 valence electrons. The first-order valence-electron chi connectivity index (χ1n) is 7.70. The standard InChI is InChI=1S/C19H20O4/c1-11(2)12-4-6-13(7-5-12)16-10-15(21)19-17(22-3)8-14(20)9-18(19)23-16/h4-9,11,16,20H,10H2,1-3H3. The second kappa shape index (κ2) is 5.95. The summed E-state index contributed by atoms with van der Waals surface area (Å²) in [5.41, 5.74) is 2.60. The summed E-state index contributed by atoms with van der Waals surface area (Å²) in [4.78, 5) is 12.5. The largest absolute Gasteiger partial charge is 0.508 e. The van der Waals surface area contributed by atoms with Crippen LogP contribution in [0.1, 0.15) is 53.8 Å². The molecule has 1 atom stereocenters. The first-order valence-corrected chi connectivity index (χ1v) is 7.70. The van der Waals surface area contributed by atoms with E-state index in [1.807, 2.05) is 12.1 Å². The van der Waals surface area contributed by atoms with Crippen molar-refractivity contribution < 1.29 is 19.4 Å². The second-order valence-electron chi connectivity index (χ2n) is 6.08. The van der Waals surface area contributed by atoms with Crippen LogP contribution in [0.3, 0.4) is 0 Å². The van der Waals surface area contributed by atoms with E-state index in [2.05, 4.69) is 26.0 Å². The number of rotatable bonds is 3. The summed E-state index contributed by atoms with van der Waals surface area (Å²) in [7, 11) is 1.47. The lowest BCUT2D eigenvalue weighted by molar-refractivity contribution is 0.0844. The SMILES string of the molecule is COc1cc(O)cc2c1C(=O)CC(c1ccc(C(C)C)cc1)O2. The molecular weight excluding hydrogens is 292 g/mol. The average molecular weight is 312 g/mol. The van der Waals surface area contributed by atoms with Crippen molar-refractivity contribution in [3.8, 4) is 17.2 Å². The van der Waals surface area contributed by atoms with Crippen LogP contribution >= 0.6 is 0 Å². The zero-order valence-corrected chi connectivity index (χ0v) is 13.5. The summed E-state index contributed by atoms with van der Waals surface area (Å²) in [6.45, 7) is 4.28. The lowest BCUT2D eigenvalue weighted by Crippen LogP contribution is -2.21. The highest BCUT2D eigenvalue weighted by Crippen LogP contribution is 2.42. The number of phenolic OH excluding ortho intramolecular Hbond substituents is 1. The molecule has 4 nitrogen and oxygen atoms in total. The molecular formula is C19H20O4. The van der Waals surface area contributed by atoms with Crippen LogP contribution in [0.4, 0.5) is 0 Å². The Bertz CT molecular complexity index is 732. The molecule has 4 heteroatoms. The fraction of sp³-hybridized carbons (Fsp3) is 0.316. The molecule has 2 aromatic rings. The molecule has 1 aliphatic heterocycles. The first kappa shape index (κ1) is 15.4. The zero-order chi connectivity index (χ0) is 16.6. The fourth-order valence-corrected chi connectivity index (χ4v) is 2.85. The third kappa shape index (κ3) is 2.89. The smallest absolute Gasteiger partial charge is 0.174 e. The van der Waals surface area contributed by atoms with E-state index in [9.17, 15) is 9.90 Å². The number of phenols is 1. The number of hydrogen-bond acceptors (Lipinski definition) is 4. The van der Waals surface area contributed by atoms with Gasteiger partial charge in [0.1, 0.15) is 28.9 Å². The van der Waals surface area contributed by atoms with E-state index in [1.165, 1.54) is 24.8 Å². The van der Waals surface area contributed by atoms with Crippen molar-refractivity contribution in [3.05, 3.63) is 53.1 Å². The zero-order valence-electron chi connectivity index (χ0n) is 13.5. The third-order valence-corrected chi connectivity index (χ3v) is 4.16. The topological polar surface area (TPSA) is 55.8 Å². The predicted octanol–water partition coefficient (Wildman–Crippen LogP) is 4.23. The highest BCUT2D eigenvalue weighted by molar-refractivity contribution is 6.02. The van der Waals surface area contributed by atoms with E-state index in [-0.39, 0.29) is 24.1 Å². The molecule has 0 saturated carbocycles. The van der Waals surface area contributed by atoms with Gasteiger partial charge >= 0.3 is 0 Å². The van der Waals surface area contributed by atoms with Gasteiger partial charge in [-0.05, 0) is 17.0 Å². The molecule has 23 heavy (non-hydrogen) atoms. The maximum atomic E-state index is 12.5. The number of benzene rings is 2. The number of methoxy groups -OCH3 is 1. The number of hydrogen-bond donors (Lipinski definition) is 1. The van der Waals surface area contributed by atoms with Gasteiger partial charge in [0.25, 0.3) is 0 Å². The van der Waals surface area contributed by atoms with Crippen LogP contribution in [-0.4, -0.2) is 18.0 Å². The van der Waals surface area contributed by atoms with Crippen molar-refractivity contribution in [3.63, 3.8) is 0 Å². The lowest BCUT2D eigenvalue weighted by Gasteiger charge is -2.27. The minimum atomic E-state index is -0.345. The molecule has 3 rings (SSSR count). The van der Waals surface area contributed by atoms with E-state index in [4.69, 9.17) is 9.47 Å². The molecule has 1 heterocycles. The van der Waals surface area contributed by atoms with E-state index >= 15 is 0 Å². The maximum absolute atomic E-state index is 12.5. The van der Waals surface area contributed by atoms with E-state index in [0.717, 1.165) is 5.56 Å². The minimum absolute atomic E-state index is 0.0178. The molecule has 0 fully saturated rings. The highest BCUT2D eigenvalue weighted by atomic mass is 16.5. The van der Waals surface area contributed by atoms with Gasteiger partial charge in [0.05, 0.1) is 13.5 Å². The van der Waals surface area contributed by atoms with Crippen LogP contribution in [0.5, 0.6) is 17.2 Å². The van der Waals surface area contributed by atoms with Crippen LogP contribution in [0.25, 0.3) is 0 Å². The Morgan fingerprint density at radius 2 is 1.91 bits per heavy atom. The van der Waals surface area contributed by atoms with Crippen molar-refractivity contribution in [1.82, 2.24) is 0 Å².